The molecular weight excluding hydrogens is 614 g/mol. The summed E-state index contributed by atoms with van der Waals surface area (Å²) in [6.45, 7) is 0. The van der Waals surface area contributed by atoms with Crippen LogP contribution in [0.15, 0.2) is 65.7 Å². The minimum Gasteiger partial charge on any atom is -0.386 e. The van der Waals surface area contributed by atoms with Crippen molar-refractivity contribution in [2.24, 2.45) is 12.5 Å². The second kappa shape index (κ2) is 10.6. The Kier molecular flexibility index (Phi) is 6.98. The van der Waals surface area contributed by atoms with Gasteiger partial charge in [0.1, 0.15) is 11.0 Å². The maximum atomic E-state index is 14.0. The fraction of sp³-hybridized carbons (Fsp3) is 0.400. The number of hydrogen-bond donors (Lipinski definition) is 1. The summed E-state index contributed by atoms with van der Waals surface area (Å²) in [5.41, 5.74) is 0.375. The summed E-state index contributed by atoms with van der Waals surface area (Å²) in [5.74, 6) is -0.645. The first-order chi connectivity index (χ1) is 21.4. The molecule has 0 aliphatic heterocycles. The van der Waals surface area contributed by atoms with Crippen LogP contribution in [0.3, 0.4) is 0 Å². The number of rotatable bonds is 7. The van der Waals surface area contributed by atoms with Crippen LogP contribution in [0, 0.1) is 11.4 Å². The molecule has 2 fully saturated rings. The van der Waals surface area contributed by atoms with Crippen LogP contribution in [0.2, 0.25) is 0 Å². The third-order valence-corrected chi connectivity index (χ3v) is 11.0. The monoisotopic (exact) mass is 643 g/mol. The third kappa shape index (κ3) is 5.16. The van der Waals surface area contributed by atoms with Crippen LogP contribution in [0.25, 0.3) is 11.8 Å². The quantitative estimate of drug-likeness (QED) is 0.231. The molecule has 0 spiro atoms. The Morgan fingerprint density at radius 3 is 2.53 bits per heavy atom. The van der Waals surface area contributed by atoms with E-state index in [0.717, 1.165) is 23.9 Å². The van der Waals surface area contributed by atoms with Crippen LogP contribution in [-0.2, 0) is 29.7 Å². The fourth-order valence-electron chi connectivity index (χ4n) is 6.84. The molecule has 236 valence electrons. The first-order valence-corrected chi connectivity index (χ1v) is 15.9. The van der Waals surface area contributed by atoms with Gasteiger partial charge >= 0.3 is 6.18 Å². The molecule has 0 amide bonds. The number of fused-ring (bicyclic) bond motifs is 2. The van der Waals surface area contributed by atoms with Gasteiger partial charge in [0.2, 0.25) is 16.0 Å². The smallest absolute Gasteiger partial charge is 0.386 e. The van der Waals surface area contributed by atoms with Gasteiger partial charge in [-0.3, -0.25) is 9.67 Å². The first-order valence-electron chi connectivity index (χ1n) is 14.5. The number of nitrogens with zero attached hydrogens (tertiary/aromatic N) is 7. The van der Waals surface area contributed by atoms with E-state index in [-0.39, 0.29) is 29.5 Å². The Morgan fingerprint density at radius 2 is 1.87 bits per heavy atom. The van der Waals surface area contributed by atoms with E-state index in [0.29, 0.717) is 42.6 Å². The number of alkyl halides is 3. The second-order valence-corrected chi connectivity index (χ2v) is 13.8. The number of aromatic nitrogens is 6. The number of aryl methyl sites for hydroxylation is 1. The lowest BCUT2D eigenvalue weighted by Crippen LogP contribution is -2.50. The van der Waals surface area contributed by atoms with Crippen molar-refractivity contribution >= 4 is 16.1 Å². The van der Waals surface area contributed by atoms with Gasteiger partial charge in [-0.1, -0.05) is 5.57 Å². The van der Waals surface area contributed by atoms with Gasteiger partial charge in [-0.25, -0.2) is 18.1 Å². The lowest BCUT2D eigenvalue weighted by atomic mass is 9.59. The van der Waals surface area contributed by atoms with Gasteiger partial charge in [0.05, 0.1) is 41.2 Å². The van der Waals surface area contributed by atoms with E-state index in [2.05, 4.69) is 20.2 Å². The third-order valence-electron chi connectivity index (χ3n) is 9.08. The largest absolute Gasteiger partial charge is 0.416 e. The minimum absolute atomic E-state index is 0.0625. The fourth-order valence-corrected chi connectivity index (χ4v) is 8.73. The summed E-state index contributed by atoms with van der Waals surface area (Å²) < 4.78 is 87.2. The van der Waals surface area contributed by atoms with E-state index >= 15 is 0 Å². The zero-order chi connectivity index (χ0) is 31.7. The summed E-state index contributed by atoms with van der Waals surface area (Å²) in [7, 11) is -2.33. The summed E-state index contributed by atoms with van der Waals surface area (Å²) >= 11 is 0. The number of sulfonamides is 1. The first kappa shape index (κ1) is 29.7. The maximum Gasteiger partial charge on any atom is 0.416 e. The number of aliphatic hydroxyl groups excluding tert-OH is 1. The summed E-state index contributed by atoms with van der Waals surface area (Å²) in [4.78, 5) is 7.94. The van der Waals surface area contributed by atoms with Gasteiger partial charge in [0.25, 0.3) is 0 Å². The van der Waals surface area contributed by atoms with Crippen molar-refractivity contribution in [3.8, 4) is 5.69 Å². The normalized spacial score (nSPS) is 22.6. The summed E-state index contributed by atoms with van der Waals surface area (Å²) in [6.07, 6.45) is 4.97. The molecule has 45 heavy (non-hydrogen) atoms. The van der Waals surface area contributed by atoms with Gasteiger partial charge in [0, 0.05) is 36.9 Å². The van der Waals surface area contributed by atoms with Crippen LogP contribution in [0.1, 0.15) is 60.7 Å². The van der Waals surface area contributed by atoms with Crippen molar-refractivity contribution < 1.29 is 31.1 Å². The molecule has 0 bridgehead atoms. The Labute approximate surface area is 256 Å². The molecule has 3 aliphatic rings. The van der Waals surface area contributed by atoms with Gasteiger partial charge in [0.15, 0.2) is 0 Å². The van der Waals surface area contributed by atoms with Crippen LogP contribution < -0.4 is 0 Å². The molecule has 0 radical (unpaired) electrons. The van der Waals surface area contributed by atoms with Gasteiger partial charge in [-0.05, 0) is 74.4 Å². The van der Waals surface area contributed by atoms with Gasteiger partial charge in [-0.2, -0.15) is 32.1 Å². The molecule has 1 unspecified atom stereocenters. The Hall–Kier alpha value is -3.95. The number of pyridine rings is 2. The molecular formula is C30H29F4N7O3S. The highest BCUT2D eigenvalue weighted by Gasteiger charge is 2.54. The van der Waals surface area contributed by atoms with Crippen molar-refractivity contribution in [2.45, 2.75) is 67.8 Å². The van der Waals surface area contributed by atoms with Crippen molar-refractivity contribution in [1.29, 1.82) is 0 Å². The molecule has 4 heterocycles. The van der Waals surface area contributed by atoms with E-state index in [9.17, 15) is 31.1 Å². The highest BCUT2D eigenvalue weighted by Crippen LogP contribution is 2.56. The molecule has 4 aromatic rings. The standard InChI is InChI=1S/C30H29F4N7O3S/c1-39-17-24(16-37-39)45(43,44)41(21-4-5-21)22-3-2-19-11-26-18(14-38-40(26)23-6-7-27(31)36-15-23)12-29(19,13-22)28(42)25-10-20(8-9-35-25)30(32,33)34/h6-11,14-17,21-22,28,42H,2-5,12-13H2,1H3/t22-,28?,29-/m0/s1. The van der Waals surface area contributed by atoms with Crippen molar-refractivity contribution in [3.63, 3.8) is 0 Å². The molecule has 2 saturated carbocycles. The molecule has 3 aliphatic carbocycles. The average Bonchev–Trinajstić information content (AvgIpc) is 3.59. The van der Waals surface area contributed by atoms with E-state index in [1.165, 1.54) is 39.7 Å². The molecule has 1 N–H and O–H groups in total. The maximum absolute atomic E-state index is 14.0. The van der Waals surface area contributed by atoms with E-state index in [1.807, 2.05) is 6.08 Å². The van der Waals surface area contributed by atoms with E-state index in [1.54, 1.807) is 17.9 Å². The lowest BCUT2D eigenvalue weighted by molar-refractivity contribution is -0.137. The van der Waals surface area contributed by atoms with Crippen molar-refractivity contribution in [2.75, 3.05) is 0 Å². The Bertz CT molecular complexity index is 1900. The predicted molar refractivity (Wildman–Crippen MR) is 153 cm³/mol. The highest BCUT2D eigenvalue weighted by molar-refractivity contribution is 7.89. The summed E-state index contributed by atoms with van der Waals surface area (Å²) in [5, 5.41) is 20.6. The lowest BCUT2D eigenvalue weighted by Gasteiger charge is -2.49. The van der Waals surface area contributed by atoms with E-state index < -0.39 is 45.3 Å². The van der Waals surface area contributed by atoms with Crippen LogP contribution in [-0.4, -0.2) is 59.4 Å². The van der Waals surface area contributed by atoms with E-state index in [4.69, 9.17) is 0 Å². The Morgan fingerprint density at radius 1 is 1.07 bits per heavy atom. The van der Waals surface area contributed by atoms with Crippen LogP contribution >= 0.6 is 0 Å². The van der Waals surface area contributed by atoms with Crippen LogP contribution in [0.4, 0.5) is 17.6 Å². The number of aliphatic hydroxyl groups is 1. The molecule has 3 atom stereocenters. The minimum atomic E-state index is -4.65. The molecule has 0 aromatic carbocycles. The predicted octanol–water partition coefficient (Wildman–Crippen LogP) is 4.62. The molecule has 15 heteroatoms. The Balaban J connectivity index is 1.33. The highest BCUT2D eigenvalue weighted by atomic mass is 32.2. The number of hydrogen-bond acceptors (Lipinski definition) is 7. The second-order valence-electron chi connectivity index (χ2n) is 12.0. The van der Waals surface area contributed by atoms with Gasteiger partial charge in [-0.15, -0.1) is 0 Å². The summed E-state index contributed by atoms with van der Waals surface area (Å²) in [6, 6.07) is 3.69. The SMILES string of the molecule is Cn1cc(S(=O)(=O)N(C2CC2)[C@H]2CCC3=Cc4c(cnn4-c4ccc(F)nc4)C[C@]3(C(O)c3cc(C(F)(F)F)ccn3)C2)cn1. The molecule has 10 nitrogen and oxygen atoms in total. The molecule has 7 rings (SSSR count). The molecule has 4 aromatic heterocycles. The van der Waals surface area contributed by atoms with Gasteiger partial charge < -0.3 is 5.11 Å². The zero-order valence-corrected chi connectivity index (χ0v) is 24.9. The number of halogens is 4. The topological polar surface area (TPSA) is 119 Å². The van der Waals surface area contributed by atoms with Crippen LogP contribution in [0.5, 0.6) is 0 Å². The van der Waals surface area contributed by atoms with Crippen molar-refractivity contribution in [1.82, 2.24) is 33.8 Å². The molecule has 0 saturated heterocycles. The average molecular weight is 644 g/mol. The zero-order valence-electron chi connectivity index (χ0n) is 24.1. The van der Waals surface area contributed by atoms with Crippen molar-refractivity contribution in [3.05, 3.63) is 89.3 Å².